The maximum absolute atomic E-state index is 13.3. The van der Waals surface area contributed by atoms with E-state index in [1.807, 2.05) is 56.3 Å². The zero-order valence-corrected chi connectivity index (χ0v) is 17.3. The molecule has 1 aromatic carbocycles. The number of hydrogen-bond acceptors (Lipinski definition) is 5. The second-order valence-corrected chi connectivity index (χ2v) is 7.94. The third-order valence-electron chi connectivity index (χ3n) is 5.57. The van der Waals surface area contributed by atoms with Gasteiger partial charge < -0.3 is 0 Å². The van der Waals surface area contributed by atoms with Crippen LogP contribution in [-0.2, 0) is 6.42 Å². The van der Waals surface area contributed by atoms with Crippen LogP contribution in [0, 0.1) is 19.8 Å². The SMILES string of the molecule is Cc1cc(C)nc(-n2[nH]c3ncc4c(c3c2=O)C[C@H](/C=C/c2ccccc2)CC4=O)n1. The Hall–Kier alpha value is -3.87. The van der Waals surface area contributed by atoms with Crippen LogP contribution < -0.4 is 5.56 Å². The van der Waals surface area contributed by atoms with Gasteiger partial charge >= 0.3 is 0 Å². The standard InChI is InChI=1S/C24H21N5O2/c1-14-10-15(2)27-24(26-14)29-23(31)21-18-11-17(9-8-16-6-4-3-5-7-16)12-20(30)19(18)13-25-22(21)28-29/h3-10,13,17H,11-12H2,1-2H3,(H,25,28)/b9-8+/t17-/m0/s1. The van der Waals surface area contributed by atoms with E-state index in [9.17, 15) is 9.59 Å². The summed E-state index contributed by atoms with van der Waals surface area (Å²) in [7, 11) is 0. The summed E-state index contributed by atoms with van der Waals surface area (Å²) >= 11 is 0. The number of nitrogens with one attached hydrogen (secondary N) is 1. The van der Waals surface area contributed by atoms with E-state index in [0.29, 0.717) is 29.4 Å². The topological polar surface area (TPSA) is 93.5 Å². The minimum Gasteiger partial charge on any atom is -0.294 e. The monoisotopic (exact) mass is 411 g/mol. The number of benzene rings is 1. The summed E-state index contributed by atoms with van der Waals surface area (Å²) in [5.41, 5.74) is 4.04. The van der Waals surface area contributed by atoms with Crippen LogP contribution in [0.4, 0.5) is 0 Å². The zero-order valence-electron chi connectivity index (χ0n) is 17.3. The molecular weight excluding hydrogens is 390 g/mol. The Kier molecular flexibility index (Phi) is 4.58. The smallest absolute Gasteiger partial charge is 0.283 e. The van der Waals surface area contributed by atoms with Crippen LogP contribution in [0.25, 0.3) is 23.1 Å². The van der Waals surface area contributed by atoms with E-state index in [2.05, 4.69) is 26.1 Å². The Labute approximate surface area is 178 Å². The van der Waals surface area contributed by atoms with Gasteiger partial charge in [-0.25, -0.2) is 15.0 Å². The van der Waals surface area contributed by atoms with E-state index < -0.39 is 0 Å². The van der Waals surface area contributed by atoms with Gasteiger partial charge in [-0.2, -0.15) is 4.68 Å². The van der Waals surface area contributed by atoms with Crippen molar-refractivity contribution in [2.24, 2.45) is 5.92 Å². The van der Waals surface area contributed by atoms with Crippen LogP contribution >= 0.6 is 0 Å². The number of aromatic amines is 1. The first-order valence-corrected chi connectivity index (χ1v) is 10.2. The zero-order chi connectivity index (χ0) is 21.5. The van der Waals surface area contributed by atoms with E-state index in [0.717, 1.165) is 22.5 Å². The highest BCUT2D eigenvalue weighted by Crippen LogP contribution is 2.30. The van der Waals surface area contributed by atoms with E-state index >= 15 is 0 Å². The molecule has 0 spiro atoms. The number of carbonyl (C=O) groups excluding carboxylic acids is 1. The number of allylic oxidation sites excluding steroid dienone is 1. The third kappa shape index (κ3) is 3.48. The average molecular weight is 411 g/mol. The van der Waals surface area contributed by atoms with Crippen molar-refractivity contribution in [2.75, 3.05) is 0 Å². The van der Waals surface area contributed by atoms with Crippen molar-refractivity contribution in [3.05, 3.63) is 87.1 Å². The summed E-state index contributed by atoms with van der Waals surface area (Å²) in [5.74, 6) is 0.302. The minimum absolute atomic E-state index is 0.00756. The van der Waals surface area contributed by atoms with Gasteiger partial charge in [0.05, 0.1) is 5.39 Å². The summed E-state index contributed by atoms with van der Waals surface area (Å²) in [6, 6.07) is 11.8. The Bertz CT molecular complexity index is 1380. The molecule has 0 saturated carbocycles. The summed E-state index contributed by atoms with van der Waals surface area (Å²) in [4.78, 5) is 39.2. The number of pyridine rings is 1. The van der Waals surface area contributed by atoms with Gasteiger partial charge in [0.2, 0.25) is 0 Å². The highest BCUT2D eigenvalue weighted by Gasteiger charge is 2.28. The largest absolute Gasteiger partial charge is 0.294 e. The molecule has 31 heavy (non-hydrogen) atoms. The molecule has 0 radical (unpaired) electrons. The molecule has 0 unspecified atom stereocenters. The van der Waals surface area contributed by atoms with Gasteiger partial charge in [0.15, 0.2) is 11.4 Å². The van der Waals surface area contributed by atoms with Gasteiger partial charge in [-0.3, -0.25) is 14.7 Å². The number of Topliss-reactive ketones (excluding diaryl/α,β-unsaturated/α-hetero) is 1. The van der Waals surface area contributed by atoms with Crippen LogP contribution in [0.1, 0.15) is 39.3 Å². The number of ketones is 1. The predicted molar refractivity (Wildman–Crippen MR) is 118 cm³/mol. The Balaban J connectivity index is 1.59. The molecule has 7 heteroatoms. The number of hydrogen-bond donors (Lipinski definition) is 1. The molecule has 1 aliphatic rings. The number of aromatic nitrogens is 5. The molecule has 0 bridgehead atoms. The molecule has 7 nitrogen and oxygen atoms in total. The number of nitrogens with zero attached hydrogens (tertiary/aromatic N) is 4. The second kappa shape index (κ2) is 7.43. The van der Waals surface area contributed by atoms with Crippen molar-refractivity contribution >= 4 is 22.9 Å². The van der Waals surface area contributed by atoms with Gasteiger partial charge in [-0.15, -0.1) is 0 Å². The highest BCUT2D eigenvalue weighted by atomic mass is 16.1. The molecular formula is C24H21N5O2. The second-order valence-electron chi connectivity index (χ2n) is 7.94. The molecule has 1 aliphatic carbocycles. The lowest BCUT2D eigenvalue weighted by Gasteiger charge is -2.21. The highest BCUT2D eigenvalue weighted by molar-refractivity contribution is 6.02. The number of carbonyl (C=O) groups is 1. The van der Waals surface area contributed by atoms with Gasteiger partial charge in [0.25, 0.3) is 11.5 Å². The van der Waals surface area contributed by atoms with Crippen LogP contribution in [0.15, 0.2) is 53.5 Å². The van der Waals surface area contributed by atoms with E-state index in [1.165, 1.54) is 4.68 Å². The lowest BCUT2D eigenvalue weighted by molar-refractivity contribution is 0.0959. The van der Waals surface area contributed by atoms with E-state index in [-0.39, 0.29) is 23.2 Å². The lowest BCUT2D eigenvalue weighted by Crippen LogP contribution is -2.22. The van der Waals surface area contributed by atoms with Crippen molar-refractivity contribution < 1.29 is 4.79 Å². The summed E-state index contributed by atoms with van der Waals surface area (Å²) in [5, 5.41) is 3.45. The molecule has 0 aliphatic heterocycles. The molecule has 0 amide bonds. The summed E-state index contributed by atoms with van der Waals surface area (Å²) in [6.07, 6.45) is 6.66. The van der Waals surface area contributed by atoms with Gasteiger partial charge in [0, 0.05) is 29.6 Å². The quantitative estimate of drug-likeness (QED) is 0.556. The first kappa shape index (κ1) is 19.1. The normalized spacial score (nSPS) is 16.2. The lowest BCUT2D eigenvalue weighted by atomic mass is 9.82. The fourth-order valence-electron chi connectivity index (χ4n) is 4.16. The van der Waals surface area contributed by atoms with Crippen LogP contribution in [0.3, 0.4) is 0 Å². The number of H-pyrrole nitrogens is 1. The van der Waals surface area contributed by atoms with E-state index in [1.54, 1.807) is 6.20 Å². The van der Waals surface area contributed by atoms with Crippen molar-refractivity contribution in [1.29, 1.82) is 0 Å². The third-order valence-corrected chi connectivity index (χ3v) is 5.57. The fraction of sp³-hybridized carbons (Fsp3) is 0.208. The first-order valence-electron chi connectivity index (χ1n) is 10.2. The average Bonchev–Trinajstić information content (AvgIpc) is 3.09. The van der Waals surface area contributed by atoms with Crippen LogP contribution in [0.2, 0.25) is 0 Å². The van der Waals surface area contributed by atoms with Crippen LogP contribution in [0.5, 0.6) is 0 Å². The molecule has 3 heterocycles. The number of aryl methyl sites for hydroxylation is 2. The Morgan fingerprint density at radius 3 is 2.55 bits per heavy atom. The molecule has 3 aromatic heterocycles. The maximum Gasteiger partial charge on any atom is 0.283 e. The van der Waals surface area contributed by atoms with E-state index in [4.69, 9.17) is 0 Å². The van der Waals surface area contributed by atoms with Gasteiger partial charge in [-0.05, 0) is 43.4 Å². The summed E-state index contributed by atoms with van der Waals surface area (Å²) < 4.78 is 1.31. The van der Waals surface area contributed by atoms with Crippen molar-refractivity contribution in [2.45, 2.75) is 26.7 Å². The Morgan fingerprint density at radius 1 is 1.06 bits per heavy atom. The molecule has 154 valence electrons. The molecule has 1 N–H and O–H groups in total. The molecule has 5 rings (SSSR count). The van der Waals surface area contributed by atoms with Crippen molar-refractivity contribution in [3.8, 4) is 5.95 Å². The van der Waals surface area contributed by atoms with Crippen molar-refractivity contribution in [3.63, 3.8) is 0 Å². The molecule has 0 saturated heterocycles. The van der Waals surface area contributed by atoms with Crippen LogP contribution in [-0.4, -0.2) is 30.5 Å². The molecule has 4 aromatic rings. The minimum atomic E-state index is -0.287. The molecule has 1 atom stereocenters. The molecule has 0 fully saturated rings. The van der Waals surface area contributed by atoms with Gasteiger partial charge in [-0.1, -0.05) is 42.5 Å². The van der Waals surface area contributed by atoms with Gasteiger partial charge in [0.1, 0.15) is 0 Å². The Morgan fingerprint density at radius 2 is 1.81 bits per heavy atom. The number of rotatable bonds is 3. The predicted octanol–water partition coefficient (Wildman–Crippen LogP) is 3.58. The number of fused-ring (bicyclic) bond motifs is 3. The summed E-state index contributed by atoms with van der Waals surface area (Å²) in [6.45, 7) is 3.71. The maximum atomic E-state index is 13.3. The van der Waals surface area contributed by atoms with Crippen molar-refractivity contribution in [1.82, 2.24) is 24.7 Å². The fourth-order valence-corrected chi connectivity index (χ4v) is 4.16. The first-order chi connectivity index (χ1) is 15.0.